The first-order valence-corrected chi connectivity index (χ1v) is 9.44. The lowest BCUT2D eigenvalue weighted by molar-refractivity contribution is -0.0227. The molecule has 1 atom stereocenters. The van der Waals surface area contributed by atoms with Crippen LogP contribution in [0.15, 0.2) is 54.6 Å². The van der Waals surface area contributed by atoms with E-state index >= 15 is 0 Å². The monoisotopic (exact) mass is 393 g/mol. The summed E-state index contributed by atoms with van der Waals surface area (Å²) in [6.45, 7) is 1.42. The molecule has 1 amide bonds. The molecule has 6 heteroatoms. The summed E-state index contributed by atoms with van der Waals surface area (Å²) in [4.78, 5) is 14.7. The summed E-state index contributed by atoms with van der Waals surface area (Å²) >= 11 is 0. The zero-order valence-corrected chi connectivity index (χ0v) is 16.4. The number of morpholine rings is 1. The summed E-state index contributed by atoms with van der Waals surface area (Å²) < 4.78 is 16.3. The van der Waals surface area contributed by atoms with Crippen molar-refractivity contribution in [2.75, 3.05) is 33.9 Å². The number of carbonyl (C=O) groups excluding carboxylic acids is 1. The van der Waals surface area contributed by atoms with E-state index < -0.39 is 0 Å². The highest BCUT2D eigenvalue weighted by molar-refractivity contribution is 5.95. The fourth-order valence-electron chi connectivity index (χ4n) is 3.61. The molecule has 3 aromatic carbocycles. The van der Waals surface area contributed by atoms with E-state index in [0.717, 1.165) is 22.1 Å². The largest absolute Gasteiger partial charge is 0.504 e. The SMILES string of the molecule is COc1ccc2cc([C@@H]3CN(C(=O)c4ccc(OC)c(O)c4)CCO3)ccc2c1. The van der Waals surface area contributed by atoms with Gasteiger partial charge < -0.3 is 24.2 Å². The second-order valence-corrected chi connectivity index (χ2v) is 6.97. The Morgan fingerprint density at radius 2 is 1.83 bits per heavy atom. The summed E-state index contributed by atoms with van der Waals surface area (Å²) in [5.41, 5.74) is 1.45. The molecule has 0 bridgehead atoms. The summed E-state index contributed by atoms with van der Waals surface area (Å²) in [6, 6.07) is 16.8. The summed E-state index contributed by atoms with van der Waals surface area (Å²) in [5.74, 6) is 0.975. The van der Waals surface area contributed by atoms with Crippen LogP contribution in [0.5, 0.6) is 17.2 Å². The van der Waals surface area contributed by atoms with E-state index in [1.165, 1.54) is 13.2 Å². The third kappa shape index (κ3) is 3.84. The molecule has 6 nitrogen and oxygen atoms in total. The highest BCUT2D eigenvalue weighted by Gasteiger charge is 2.26. The third-order valence-corrected chi connectivity index (χ3v) is 5.22. The highest BCUT2D eigenvalue weighted by atomic mass is 16.5. The van der Waals surface area contributed by atoms with Gasteiger partial charge in [0.1, 0.15) is 11.9 Å². The first-order valence-electron chi connectivity index (χ1n) is 9.44. The van der Waals surface area contributed by atoms with Crippen LogP contribution in [-0.4, -0.2) is 49.8 Å². The number of hydrogen-bond acceptors (Lipinski definition) is 5. The zero-order chi connectivity index (χ0) is 20.4. The molecular formula is C23H23NO5. The maximum absolute atomic E-state index is 12.9. The van der Waals surface area contributed by atoms with Gasteiger partial charge in [0.25, 0.3) is 5.91 Å². The van der Waals surface area contributed by atoms with E-state index in [4.69, 9.17) is 14.2 Å². The number of rotatable bonds is 4. The molecule has 150 valence electrons. The molecule has 0 aromatic heterocycles. The molecule has 0 radical (unpaired) electrons. The van der Waals surface area contributed by atoms with Gasteiger partial charge in [-0.25, -0.2) is 0 Å². The Morgan fingerprint density at radius 1 is 1.03 bits per heavy atom. The third-order valence-electron chi connectivity index (χ3n) is 5.22. The number of aromatic hydroxyl groups is 1. The molecule has 29 heavy (non-hydrogen) atoms. The number of phenols is 1. The number of phenolic OH excluding ortho intramolecular Hbond substituents is 1. The summed E-state index contributed by atoms with van der Waals surface area (Å²) in [6.07, 6.45) is -0.203. The van der Waals surface area contributed by atoms with Crippen LogP contribution in [0.2, 0.25) is 0 Å². The van der Waals surface area contributed by atoms with Crippen molar-refractivity contribution in [2.45, 2.75) is 6.10 Å². The second kappa shape index (κ2) is 8.01. The first kappa shape index (κ1) is 19.1. The number of carbonyl (C=O) groups is 1. The minimum atomic E-state index is -0.203. The van der Waals surface area contributed by atoms with Gasteiger partial charge in [-0.3, -0.25) is 4.79 Å². The maximum atomic E-state index is 12.9. The molecular weight excluding hydrogens is 370 g/mol. The summed E-state index contributed by atoms with van der Waals surface area (Å²) in [5, 5.41) is 12.2. The Bertz CT molecular complexity index is 1050. The van der Waals surface area contributed by atoms with Gasteiger partial charge in [0.15, 0.2) is 11.5 Å². The number of fused-ring (bicyclic) bond motifs is 1. The normalized spacial score (nSPS) is 16.6. The van der Waals surface area contributed by atoms with E-state index in [0.29, 0.717) is 31.0 Å². The molecule has 3 aromatic rings. The molecule has 1 aliphatic heterocycles. The maximum Gasteiger partial charge on any atom is 0.254 e. The number of ether oxygens (including phenoxy) is 3. The van der Waals surface area contributed by atoms with Crippen molar-refractivity contribution in [3.05, 3.63) is 65.7 Å². The van der Waals surface area contributed by atoms with Crippen molar-refractivity contribution in [3.8, 4) is 17.2 Å². The van der Waals surface area contributed by atoms with Gasteiger partial charge in [0.2, 0.25) is 0 Å². The van der Waals surface area contributed by atoms with Crippen LogP contribution in [0.1, 0.15) is 22.0 Å². The van der Waals surface area contributed by atoms with Gasteiger partial charge >= 0.3 is 0 Å². The Kier molecular flexibility index (Phi) is 5.27. The van der Waals surface area contributed by atoms with Crippen LogP contribution in [0.25, 0.3) is 10.8 Å². The lowest BCUT2D eigenvalue weighted by Crippen LogP contribution is -2.42. The van der Waals surface area contributed by atoms with Crippen LogP contribution in [0.3, 0.4) is 0 Å². The minimum Gasteiger partial charge on any atom is -0.504 e. The second-order valence-electron chi connectivity index (χ2n) is 6.97. The molecule has 1 heterocycles. The van der Waals surface area contributed by atoms with Crippen molar-refractivity contribution < 1.29 is 24.1 Å². The molecule has 0 unspecified atom stereocenters. The van der Waals surface area contributed by atoms with Gasteiger partial charge in [-0.1, -0.05) is 18.2 Å². The number of hydrogen-bond donors (Lipinski definition) is 1. The fraction of sp³-hybridized carbons (Fsp3) is 0.261. The van der Waals surface area contributed by atoms with Crippen molar-refractivity contribution in [3.63, 3.8) is 0 Å². The zero-order valence-electron chi connectivity index (χ0n) is 16.4. The molecule has 0 saturated carbocycles. The summed E-state index contributed by atoms with van der Waals surface area (Å²) in [7, 11) is 3.13. The van der Waals surface area contributed by atoms with Crippen molar-refractivity contribution in [1.82, 2.24) is 4.90 Å². The van der Waals surface area contributed by atoms with Crippen LogP contribution < -0.4 is 9.47 Å². The lowest BCUT2D eigenvalue weighted by Gasteiger charge is -2.33. The Morgan fingerprint density at radius 3 is 2.59 bits per heavy atom. The standard InChI is InChI=1S/C23H23NO5/c1-27-19-7-5-15-11-17(4-3-16(15)12-19)22-14-24(9-10-29-22)23(26)18-6-8-21(28-2)20(25)13-18/h3-8,11-13,22,25H,9-10,14H2,1-2H3/t22-/m0/s1. The molecule has 1 aliphatic rings. The average Bonchev–Trinajstić information content (AvgIpc) is 2.77. The predicted octanol–water partition coefficient (Wildman–Crippen LogP) is 3.78. The van der Waals surface area contributed by atoms with Gasteiger partial charge in [0, 0.05) is 12.1 Å². The average molecular weight is 393 g/mol. The molecule has 0 spiro atoms. The first-order chi connectivity index (χ1) is 14.1. The van der Waals surface area contributed by atoms with Crippen LogP contribution in [0, 0.1) is 0 Å². The van der Waals surface area contributed by atoms with Crippen molar-refractivity contribution in [2.24, 2.45) is 0 Å². The van der Waals surface area contributed by atoms with Gasteiger partial charge in [0.05, 0.1) is 27.4 Å². The van der Waals surface area contributed by atoms with E-state index in [1.807, 2.05) is 30.3 Å². The van der Waals surface area contributed by atoms with Gasteiger partial charge in [-0.2, -0.15) is 0 Å². The van der Waals surface area contributed by atoms with E-state index in [1.54, 1.807) is 24.1 Å². The van der Waals surface area contributed by atoms with E-state index in [9.17, 15) is 9.90 Å². The number of amides is 1. The molecule has 1 saturated heterocycles. The number of methoxy groups -OCH3 is 2. The number of nitrogens with zero attached hydrogens (tertiary/aromatic N) is 1. The van der Waals surface area contributed by atoms with Gasteiger partial charge in [-0.15, -0.1) is 0 Å². The van der Waals surface area contributed by atoms with E-state index in [-0.39, 0.29) is 17.8 Å². The number of benzene rings is 3. The lowest BCUT2D eigenvalue weighted by atomic mass is 10.0. The van der Waals surface area contributed by atoms with Crippen LogP contribution in [0.4, 0.5) is 0 Å². The topological polar surface area (TPSA) is 68.2 Å². The van der Waals surface area contributed by atoms with Crippen molar-refractivity contribution in [1.29, 1.82) is 0 Å². The molecule has 1 fully saturated rings. The molecule has 0 aliphatic carbocycles. The van der Waals surface area contributed by atoms with Crippen molar-refractivity contribution >= 4 is 16.7 Å². The predicted molar refractivity (Wildman–Crippen MR) is 110 cm³/mol. The highest BCUT2D eigenvalue weighted by Crippen LogP contribution is 2.30. The Balaban J connectivity index is 1.54. The smallest absolute Gasteiger partial charge is 0.254 e. The fourth-order valence-corrected chi connectivity index (χ4v) is 3.61. The Labute approximate surface area is 169 Å². The minimum absolute atomic E-state index is 0.0480. The Hall–Kier alpha value is -3.25. The van der Waals surface area contributed by atoms with Gasteiger partial charge in [-0.05, 0) is 52.7 Å². The van der Waals surface area contributed by atoms with E-state index in [2.05, 4.69) is 6.07 Å². The molecule has 1 N–H and O–H groups in total. The van der Waals surface area contributed by atoms with Crippen LogP contribution in [-0.2, 0) is 4.74 Å². The quantitative estimate of drug-likeness (QED) is 0.731. The van der Waals surface area contributed by atoms with Crippen LogP contribution >= 0.6 is 0 Å². The molecule has 4 rings (SSSR count).